The summed E-state index contributed by atoms with van der Waals surface area (Å²) in [6, 6.07) is 6.23. The van der Waals surface area contributed by atoms with E-state index in [4.69, 9.17) is 5.26 Å². The smallest absolute Gasteiger partial charge is 0.143 e. The second-order valence-electron chi connectivity index (χ2n) is 4.29. The summed E-state index contributed by atoms with van der Waals surface area (Å²) in [7, 11) is 0. The molecule has 1 unspecified atom stereocenters. The van der Waals surface area contributed by atoms with Gasteiger partial charge in [-0.15, -0.1) is 0 Å². The van der Waals surface area contributed by atoms with Gasteiger partial charge in [0.25, 0.3) is 0 Å². The van der Waals surface area contributed by atoms with E-state index in [1.54, 1.807) is 6.07 Å². The molecule has 19 heavy (non-hydrogen) atoms. The molecule has 104 valence electrons. The first kappa shape index (κ1) is 15.4. The number of likely N-dealkylation sites (N-methyl/N-ethyl adjacent to an activating group) is 1. The number of benzene rings is 1. The molecule has 0 spiro atoms. The highest BCUT2D eigenvalue weighted by atomic mass is 19.1. The van der Waals surface area contributed by atoms with Crippen LogP contribution in [0.1, 0.15) is 19.4 Å². The van der Waals surface area contributed by atoms with Crippen LogP contribution in [0.15, 0.2) is 18.2 Å². The number of nitrogens with one attached hydrogen (secondary N) is 1. The van der Waals surface area contributed by atoms with Crippen LogP contribution in [0.25, 0.3) is 0 Å². The number of hydrogen-bond acceptors (Lipinski definition) is 4. The fraction of sp³-hybridized carbons (Fsp3) is 0.500. The summed E-state index contributed by atoms with van der Waals surface area (Å²) < 4.78 is 13.4. The van der Waals surface area contributed by atoms with Gasteiger partial charge in [0.1, 0.15) is 17.4 Å². The lowest BCUT2D eigenvalue weighted by atomic mass is 10.1. The van der Waals surface area contributed by atoms with E-state index in [0.717, 1.165) is 13.1 Å². The van der Waals surface area contributed by atoms with Crippen LogP contribution in [-0.4, -0.2) is 42.3 Å². The Morgan fingerprint density at radius 2 is 2.11 bits per heavy atom. The number of nitriles is 1. The third-order valence-corrected chi connectivity index (χ3v) is 3.02. The van der Waals surface area contributed by atoms with E-state index in [-0.39, 0.29) is 12.1 Å². The van der Waals surface area contributed by atoms with Gasteiger partial charge in [0, 0.05) is 13.1 Å². The van der Waals surface area contributed by atoms with Gasteiger partial charge in [0.05, 0.1) is 11.8 Å². The summed E-state index contributed by atoms with van der Waals surface area (Å²) in [5.41, 5.74) is 0.402. The highest BCUT2D eigenvalue weighted by Gasteiger charge is 2.11. The Hall–Kier alpha value is -1.64. The highest BCUT2D eigenvalue weighted by molar-refractivity contribution is 5.57. The van der Waals surface area contributed by atoms with Crippen molar-refractivity contribution in [3.8, 4) is 6.07 Å². The van der Waals surface area contributed by atoms with Gasteiger partial charge in [-0.1, -0.05) is 19.9 Å². The van der Waals surface area contributed by atoms with Crippen molar-refractivity contribution in [2.24, 2.45) is 0 Å². The molecule has 0 saturated heterocycles. The SMILES string of the molecule is CCN(CC)CC(O)CNc1cccc(F)c1C#N. The first-order valence-corrected chi connectivity index (χ1v) is 6.45. The number of nitrogens with zero attached hydrogens (tertiary/aromatic N) is 2. The first-order valence-electron chi connectivity index (χ1n) is 6.45. The monoisotopic (exact) mass is 265 g/mol. The lowest BCUT2D eigenvalue weighted by Gasteiger charge is -2.22. The second-order valence-corrected chi connectivity index (χ2v) is 4.29. The average Bonchev–Trinajstić information content (AvgIpc) is 2.42. The molecule has 4 nitrogen and oxygen atoms in total. The Balaban J connectivity index is 2.58. The van der Waals surface area contributed by atoms with E-state index in [0.29, 0.717) is 12.2 Å². The van der Waals surface area contributed by atoms with E-state index in [1.807, 2.05) is 19.9 Å². The van der Waals surface area contributed by atoms with E-state index in [2.05, 4.69) is 10.2 Å². The van der Waals surface area contributed by atoms with Gasteiger partial charge >= 0.3 is 0 Å². The topological polar surface area (TPSA) is 59.3 Å². The Morgan fingerprint density at radius 1 is 1.42 bits per heavy atom. The summed E-state index contributed by atoms with van der Waals surface area (Å²) in [5.74, 6) is -0.550. The summed E-state index contributed by atoms with van der Waals surface area (Å²) in [6.07, 6.45) is -0.560. The lowest BCUT2D eigenvalue weighted by molar-refractivity contribution is 0.128. The normalized spacial score (nSPS) is 12.2. The second kappa shape index (κ2) is 7.72. The maximum absolute atomic E-state index is 13.4. The third kappa shape index (κ3) is 4.51. The molecule has 0 bridgehead atoms. The number of anilines is 1. The third-order valence-electron chi connectivity index (χ3n) is 3.02. The van der Waals surface area contributed by atoms with Gasteiger partial charge in [-0.2, -0.15) is 5.26 Å². The molecule has 0 radical (unpaired) electrons. The Labute approximate surface area is 113 Å². The minimum atomic E-state index is -0.560. The molecular formula is C14H20FN3O. The average molecular weight is 265 g/mol. The van der Waals surface area contributed by atoms with Crippen LogP contribution in [0.2, 0.25) is 0 Å². The molecule has 1 rings (SSSR count). The van der Waals surface area contributed by atoms with E-state index >= 15 is 0 Å². The predicted molar refractivity (Wildman–Crippen MR) is 73.4 cm³/mol. The maximum Gasteiger partial charge on any atom is 0.143 e. The lowest BCUT2D eigenvalue weighted by Crippen LogP contribution is -2.36. The molecule has 0 saturated carbocycles. The van der Waals surface area contributed by atoms with Crippen molar-refractivity contribution in [2.75, 3.05) is 31.5 Å². The van der Waals surface area contributed by atoms with E-state index < -0.39 is 11.9 Å². The minimum Gasteiger partial charge on any atom is -0.390 e. The molecule has 0 aliphatic heterocycles. The molecule has 1 atom stereocenters. The van der Waals surface area contributed by atoms with Gasteiger partial charge in [-0.05, 0) is 25.2 Å². The number of aliphatic hydroxyl groups excluding tert-OH is 1. The molecule has 0 heterocycles. The van der Waals surface area contributed by atoms with Crippen molar-refractivity contribution in [1.29, 1.82) is 5.26 Å². The summed E-state index contributed by atoms with van der Waals surface area (Å²) in [5, 5.41) is 21.7. The van der Waals surface area contributed by atoms with Crippen molar-refractivity contribution in [3.63, 3.8) is 0 Å². The summed E-state index contributed by atoms with van der Waals surface area (Å²) in [6.45, 7) is 6.65. The van der Waals surface area contributed by atoms with Crippen LogP contribution in [-0.2, 0) is 0 Å². The Kier molecular flexibility index (Phi) is 6.26. The largest absolute Gasteiger partial charge is 0.390 e. The van der Waals surface area contributed by atoms with Crippen LogP contribution in [0.5, 0.6) is 0 Å². The van der Waals surface area contributed by atoms with Crippen LogP contribution >= 0.6 is 0 Å². The molecule has 0 aliphatic carbocycles. The van der Waals surface area contributed by atoms with Gasteiger partial charge < -0.3 is 15.3 Å². The molecule has 0 aromatic heterocycles. The predicted octanol–water partition coefficient (Wildman–Crippen LogP) is 1.81. The van der Waals surface area contributed by atoms with Crippen LogP contribution in [0.4, 0.5) is 10.1 Å². The van der Waals surface area contributed by atoms with E-state index in [9.17, 15) is 9.50 Å². The van der Waals surface area contributed by atoms with Gasteiger partial charge in [0.2, 0.25) is 0 Å². The van der Waals surface area contributed by atoms with Crippen LogP contribution in [0, 0.1) is 17.1 Å². The first-order chi connectivity index (χ1) is 9.12. The zero-order chi connectivity index (χ0) is 14.3. The fourth-order valence-electron chi connectivity index (χ4n) is 1.86. The number of aliphatic hydroxyl groups is 1. The molecule has 1 aromatic carbocycles. The minimum absolute atomic E-state index is 0.0162. The van der Waals surface area contributed by atoms with Crippen LogP contribution < -0.4 is 5.32 Å². The maximum atomic E-state index is 13.4. The van der Waals surface area contributed by atoms with E-state index in [1.165, 1.54) is 12.1 Å². The van der Waals surface area contributed by atoms with Gasteiger partial charge in [-0.3, -0.25) is 0 Å². The molecule has 0 aliphatic rings. The fourth-order valence-corrected chi connectivity index (χ4v) is 1.86. The number of hydrogen-bond donors (Lipinski definition) is 2. The zero-order valence-corrected chi connectivity index (χ0v) is 11.4. The summed E-state index contributed by atoms with van der Waals surface area (Å²) in [4.78, 5) is 2.10. The number of rotatable bonds is 7. The Morgan fingerprint density at radius 3 is 2.68 bits per heavy atom. The molecule has 0 amide bonds. The van der Waals surface area contributed by atoms with Crippen molar-refractivity contribution >= 4 is 5.69 Å². The standard InChI is InChI=1S/C14H20FN3O/c1-3-18(4-2)10-11(19)9-17-14-7-5-6-13(15)12(14)8-16/h5-7,11,17,19H,3-4,9-10H2,1-2H3. The summed E-state index contributed by atoms with van der Waals surface area (Å²) >= 11 is 0. The molecular weight excluding hydrogens is 245 g/mol. The zero-order valence-electron chi connectivity index (χ0n) is 11.4. The molecule has 5 heteroatoms. The van der Waals surface area contributed by atoms with Crippen molar-refractivity contribution in [3.05, 3.63) is 29.6 Å². The Bertz CT molecular complexity index is 441. The number of halogens is 1. The van der Waals surface area contributed by atoms with Crippen molar-refractivity contribution < 1.29 is 9.50 Å². The van der Waals surface area contributed by atoms with Crippen molar-refractivity contribution in [2.45, 2.75) is 20.0 Å². The highest BCUT2D eigenvalue weighted by Crippen LogP contribution is 2.17. The van der Waals surface area contributed by atoms with Crippen LogP contribution in [0.3, 0.4) is 0 Å². The quantitative estimate of drug-likeness (QED) is 0.789. The van der Waals surface area contributed by atoms with Gasteiger partial charge in [0.15, 0.2) is 0 Å². The molecule has 0 fully saturated rings. The van der Waals surface area contributed by atoms with Crippen molar-refractivity contribution in [1.82, 2.24) is 4.90 Å². The van der Waals surface area contributed by atoms with Gasteiger partial charge in [-0.25, -0.2) is 4.39 Å². The molecule has 2 N–H and O–H groups in total. The molecule has 1 aromatic rings.